The van der Waals surface area contributed by atoms with Crippen LogP contribution in [-0.2, 0) is 6.54 Å². The molecule has 4 heteroatoms. The second-order valence-electron chi connectivity index (χ2n) is 4.15. The molecule has 100 valence electrons. The molecule has 0 aliphatic heterocycles. The molecule has 19 heavy (non-hydrogen) atoms. The summed E-state index contributed by atoms with van der Waals surface area (Å²) in [4.78, 5) is 4.29. The van der Waals surface area contributed by atoms with Crippen molar-refractivity contribution >= 4 is 0 Å². The maximum Gasteiger partial charge on any atom is 0.222 e. The van der Waals surface area contributed by atoms with Crippen molar-refractivity contribution in [2.24, 2.45) is 5.73 Å². The minimum absolute atomic E-state index is 0.476. The van der Waals surface area contributed by atoms with Gasteiger partial charge in [0.2, 0.25) is 5.88 Å². The van der Waals surface area contributed by atoms with E-state index in [9.17, 15) is 0 Å². The minimum Gasteiger partial charge on any atom is -0.490 e. The highest BCUT2D eigenvalue weighted by molar-refractivity contribution is 5.43. The number of hydrogen-bond donors (Lipinski definition) is 1. The molecule has 1 aromatic carbocycles. The summed E-state index contributed by atoms with van der Waals surface area (Å²) in [5, 5.41) is 0. The van der Waals surface area contributed by atoms with Crippen LogP contribution >= 0.6 is 0 Å². The van der Waals surface area contributed by atoms with Gasteiger partial charge in [-0.3, -0.25) is 0 Å². The fraction of sp³-hybridized carbons (Fsp3) is 0.267. The second-order valence-corrected chi connectivity index (χ2v) is 4.15. The van der Waals surface area contributed by atoms with Crippen LogP contribution in [0.2, 0.25) is 0 Å². The van der Waals surface area contributed by atoms with E-state index >= 15 is 0 Å². The zero-order chi connectivity index (χ0) is 13.7. The molecule has 0 spiro atoms. The highest BCUT2D eigenvalue weighted by Gasteiger charge is 2.08. The average molecular weight is 258 g/mol. The molecule has 0 saturated carbocycles. The Balaban J connectivity index is 2.26. The Hall–Kier alpha value is -2.07. The minimum atomic E-state index is 0.476. The number of nitrogens with zero attached hydrogens (tertiary/aromatic N) is 1. The lowest BCUT2D eigenvalue weighted by Crippen LogP contribution is -2.00. The van der Waals surface area contributed by atoms with Gasteiger partial charge in [0.1, 0.15) is 0 Å². The van der Waals surface area contributed by atoms with Gasteiger partial charge < -0.3 is 15.2 Å². The molecule has 4 nitrogen and oxygen atoms in total. The first kappa shape index (κ1) is 13.4. The maximum absolute atomic E-state index is 5.82. The monoisotopic (exact) mass is 258 g/mol. The molecule has 2 rings (SSSR count). The van der Waals surface area contributed by atoms with Crippen LogP contribution < -0.4 is 15.2 Å². The Kier molecular flexibility index (Phi) is 4.36. The van der Waals surface area contributed by atoms with Gasteiger partial charge in [-0.05, 0) is 37.6 Å². The highest BCUT2D eigenvalue weighted by Crippen LogP contribution is 2.31. The average Bonchev–Trinajstić information content (AvgIpc) is 2.43. The lowest BCUT2D eigenvalue weighted by Gasteiger charge is -2.12. The van der Waals surface area contributed by atoms with Crippen LogP contribution in [0.1, 0.15) is 18.1 Å². The maximum atomic E-state index is 5.82. The molecule has 2 aromatic rings. The zero-order valence-electron chi connectivity index (χ0n) is 11.2. The molecule has 0 amide bonds. The number of benzene rings is 1. The Morgan fingerprint density at radius 1 is 1.21 bits per heavy atom. The first-order chi connectivity index (χ1) is 9.24. The van der Waals surface area contributed by atoms with Crippen LogP contribution in [-0.4, -0.2) is 11.6 Å². The van der Waals surface area contributed by atoms with Crippen LogP contribution in [0.15, 0.2) is 36.5 Å². The van der Waals surface area contributed by atoms with Gasteiger partial charge in [0.25, 0.3) is 0 Å². The third-order valence-electron chi connectivity index (χ3n) is 2.68. The van der Waals surface area contributed by atoms with Crippen molar-refractivity contribution in [3.8, 4) is 17.4 Å². The third kappa shape index (κ3) is 3.23. The van der Waals surface area contributed by atoms with Gasteiger partial charge in [0.15, 0.2) is 11.5 Å². The first-order valence-electron chi connectivity index (χ1n) is 6.30. The summed E-state index contributed by atoms with van der Waals surface area (Å²) in [7, 11) is 0. The van der Waals surface area contributed by atoms with E-state index in [-0.39, 0.29) is 0 Å². The first-order valence-corrected chi connectivity index (χ1v) is 6.30. The molecule has 0 aliphatic carbocycles. The molecular weight excluding hydrogens is 240 g/mol. The highest BCUT2D eigenvalue weighted by atomic mass is 16.5. The van der Waals surface area contributed by atoms with Crippen molar-refractivity contribution in [1.82, 2.24) is 4.98 Å². The number of para-hydroxylation sites is 2. The molecule has 0 fully saturated rings. The summed E-state index contributed by atoms with van der Waals surface area (Å²) in [5.41, 5.74) is 7.53. The number of ether oxygens (including phenoxy) is 2. The van der Waals surface area contributed by atoms with Gasteiger partial charge in [0, 0.05) is 18.3 Å². The molecule has 0 unspecified atom stereocenters. The quantitative estimate of drug-likeness (QED) is 0.895. The van der Waals surface area contributed by atoms with E-state index in [1.807, 2.05) is 44.2 Å². The molecule has 1 aromatic heterocycles. The molecule has 0 radical (unpaired) electrons. The molecule has 0 atom stereocenters. The number of aryl methyl sites for hydroxylation is 1. The van der Waals surface area contributed by atoms with E-state index in [2.05, 4.69) is 4.98 Å². The fourth-order valence-corrected chi connectivity index (χ4v) is 1.75. The summed E-state index contributed by atoms with van der Waals surface area (Å²) >= 11 is 0. The molecule has 0 saturated heterocycles. The SMILES string of the molecule is CCOc1ccccc1Oc1ncc(CN)cc1C. The smallest absolute Gasteiger partial charge is 0.222 e. The largest absolute Gasteiger partial charge is 0.490 e. The Bertz CT molecular complexity index is 556. The van der Waals surface area contributed by atoms with E-state index < -0.39 is 0 Å². The zero-order valence-corrected chi connectivity index (χ0v) is 11.2. The summed E-state index contributed by atoms with van der Waals surface area (Å²) < 4.78 is 11.3. The van der Waals surface area contributed by atoms with Crippen molar-refractivity contribution in [3.05, 3.63) is 47.7 Å². The lowest BCUT2D eigenvalue weighted by molar-refractivity contribution is 0.319. The number of pyridine rings is 1. The summed E-state index contributed by atoms with van der Waals surface area (Å²) in [6.45, 7) is 4.96. The van der Waals surface area contributed by atoms with Crippen LogP contribution in [0.4, 0.5) is 0 Å². The predicted octanol–water partition coefficient (Wildman–Crippen LogP) is 3.04. The van der Waals surface area contributed by atoms with Crippen LogP contribution in [0.5, 0.6) is 17.4 Å². The summed E-state index contributed by atoms with van der Waals surface area (Å²) in [5.74, 6) is 1.96. The number of nitrogens with two attached hydrogens (primary N) is 1. The van der Waals surface area contributed by atoms with Crippen molar-refractivity contribution < 1.29 is 9.47 Å². The topological polar surface area (TPSA) is 57.4 Å². The summed E-state index contributed by atoms with van der Waals surface area (Å²) in [6, 6.07) is 9.54. The predicted molar refractivity (Wildman–Crippen MR) is 74.6 cm³/mol. The van der Waals surface area contributed by atoms with E-state index in [0.717, 1.165) is 11.1 Å². The Morgan fingerprint density at radius 3 is 2.58 bits per heavy atom. The molecule has 1 heterocycles. The van der Waals surface area contributed by atoms with Crippen LogP contribution in [0.25, 0.3) is 0 Å². The van der Waals surface area contributed by atoms with Crippen molar-refractivity contribution in [1.29, 1.82) is 0 Å². The van der Waals surface area contributed by atoms with E-state index in [1.165, 1.54) is 0 Å². The van der Waals surface area contributed by atoms with Crippen LogP contribution in [0.3, 0.4) is 0 Å². The lowest BCUT2D eigenvalue weighted by atomic mass is 10.2. The molecular formula is C15H18N2O2. The van der Waals surface area contributed by atoms with Gasteiger partial charge >= 0.3 is 0 Å². The number of rotatable bonds is 5. The number of hydrogen-bond acceptors (Lipinski definition) is 4. The number of aromatic nitrogens is 1. The van der Waals surface area contributed by atoms with Gasteiger partial charge in [-0.1, -0.05) is 12.1 Å². The van der Waals surface area contributed by atoms with E-state index in [4.69, 9.17) is 15.2 Å². The molecule has 2 N–H and O–H groups in total. The second kappa shape index (κ2) is 6.20. The van der Waals surface area contributed by atoms with Crippen molar-refractivity contribution in [2.75, 3.05) is 6.61 Å². The van der Waals surface area contributed by atoms with Crippen molar-refractivity contribution in [2.45, 2.75) is 20.4 Å². The fourth-order valence-electron chi connectivity index (χ4n) is 1.75. The van der Waals surface area contributed by atoms with Crippen molar-refractivity contribution in [3.63, 3.8) is 0 Å². The Morgan fingerprint density at radius 2 is 1.95 bits per heavy atom. The third-order valence-corrected chi connectivity index (χ3v) is 2.68. The summed E-state index contributed by atoms with van der Waals surface area (Å²) in [6.07, 6.45) is 1.73. The van der Waals surface area contributed by atoms with Gasteiger partial charge in [-0.25, -0.2) is 4.98 Å². The van der Waals surface area contributed by atoms with Gasteiger partial charge in [-0.15, -0.1) is 0 Å². The standard InChI is InChI=1S/C15H18N2O2/c1-3-18-13-6-4-5-7-14(13)19-15-11(2)8-12(9-16)10-17-15/h4-8,10H,3,9,16H2,1-2H3. The Labute approximate surface area is 113 Å². The normalized spacial score (nSPS) is 10.3. The molecule has 0 bridgehead atoms. The van der Waals surface area contributed by atoms with E-state index in [1.54, 1.807) is 6.20 Å². The molecule has 0 aliphatic rings. The van der Waals surface area contributed by atoms with Crippen LogP contribution in [0, 0.1) is 6.92 Å². The van der Waals surface area contributed by atoms with E-state index in [0.29, 0.717) is 30.5 Å². The van der Waals surface area contributed by atoms with Gasteiger partial charge in [0.05, 0.1) is 6.61 Å². The van der Waals surface area contributed by atoms with Gasteiger partial charge in [-0.2, -0.15) is 0 Å².